The molecule has 4 rings (SSSR count). The van der Waals surface area contributed by atoms with Gasteiger partial charge in [0.1, 0.15) is 11.6 Å². The summed E-state index contributed by atoms with van der Waals surface area (Å²) in [4.78, 5) is 11.1. The molecule has 13 heteroatoms. The smallest absolute Gasteiger partial charge is 0.419 e. The van der Waals surface area contributed by atoms with Crippen LogP contribution in [0, 0.1) is 5.82 Å². The minimum atomic E-state index is -4.81. The molecule has 0 aliphatic rings. The maximum absolute atomic E-state index is 14.2. The summed E-state index contributed by atoms with van der Waals surface area (Å²) < 4.78 is 58.6. The molecule has 4 N–H and O–H groups in total. The van der Waals surface area contributed by atoms with E-state index in [0.29, 0.717) is 28.4 Å². The zero-order chi connectivity index (χ0) is 23.6. The fourth-order valence-electron chi connectivity index (χ4n) is 2.79. The fraction of sp³-hybridized carbons (Fsp3) is 0.100. The van der Waals surface area contributed by atoms with Gasteiger partial charge in [0.05, 0.1) is 11.3 Å². The van der Waals surface area contributed by atoms with E-state index in [1.54, 1.807) is 24.3 Å². The first-order valence-corrected chi connectivity index (χ1v) is 10.5. The van der Waals surface area contributed by atoms with E-state index < -0.39 is 17.6 Å². The highest BCUT2D eigenvalue weighted by atomic mass is 32.2. The van der Waals surface area contributed by atoms with Crippen molar-refractivity contribution in [3.05, 3.63) is 59.9 Å². The zero-order valence-corrected chi connectivity index (χ0v) is 17.6. The van der Waals surface area contributed by atoms with E-state index in [-0.39, 0.29) is 23.3 Å². The number of thioether (sulfide) groups is 1. The Kier molecular flexibility index (Phi) is 6.05. The molecule has 2 aromatic carbocycles. The molecule has 0 atom stereocenters. The van der Waals surface area contributed by atoms with Crippen LogP contribution in [0.15, 0.2) is 53.7 Å². The van der Waals surface area contributed by atoms with Crippen LogP contribution in [0.4, 0.5) is 35.0 Å². The molecular formula is C20H15F4N7OS. The van der Waals surface area contributed by atoms with Gasteiger partial charge >= 0.3 is 6.18 Å². The molecule has 33 heavy (non-hydrogen) atoms. The Morgan fingerprint density at radius 3 is 2.52 bits per heavy atom. The number of aromatic nitrogens is 5. The predicted molar refractivity (Wildman–Crippen MR) is 115 cm³/mol. The van der Waals surface area contributed by atoms with Crippen LogP contribution in [-0.2, 0) is 6.18 Å². The van der Waals surface area contributed by atoms with Gasteiger partial charge < -0.3 is 20.8 Å². The van der Waals surface area contributed by atoms with Crippen molar-refractivity contribution >= 4 is 29.2 Å². The van der Waals surface area contributed by atoms with Gasteiger partial charge in [0.2, 0.25) is 11.8 Å². The first-order valence-electron chi connectivity index (χ1n) is 9.25. The van der Waals surface area contributed by atoms with Gasteiger partial charge in [0.25, 0.3) is 0 Å². The van der Waals surface area contributed by atoms with E-state index in [0.717, 1.165) is 6.07 Å². The number of nitrogens with one attached hydrogen (secondary N) is 2. The molecule has 0 aliphatic carbocycles. The molecule has 4 aromatic rings. The maximum Gasteiger partial charge on any atom is 0.419 e. The van der Waals surface area contributed by atoms with Crippen molar-refractivity contribution in [2.24, 2.45) is 0 Å². The number of ether oxygens (including phenoxy) is 1. The first kappa shape index (κ1) is 22.3. The molecule has 2 heterocycles. The number of nitrogens with two attached hydrogens (primary N) is 1. The van der Waals surface area contributed by atoms with Crippen molar-refractivity contribution in [2.45, 2.75) is 11.3 Å². The van der Waals surface area contributed by atoms with Crippen molar-refractivity contribution in [3.8, 4) is 23.0 Å². The Hall–Kier alpha value is -3.87. The molecule has 8 nitrogen and oxygen atoms in total. The lowest BCUT2D eigenvalue weighted by Gasteiger charge is -2.11. The quantitative estimate of drug-likeness (QED) is 0.196. The van der Waals surface area contributed by atoms with Crippen LogP contribution >= 0.6 is 11.8 Å². The Bertz CT molecular complexity index is 1280. The molecule has 0 fully saturated rings. The van der Waals surface area contributed by atoms with Gasteiger partial charge in [0, 0.05) is 11.6 Å². The van der Waals surface area contributed by atoms with E-state index in [4.69, 9.17) is 10.5 Å². The molecule has 0 saturated carbocycles. The second-order valence-corrected chi connectivity index (χ2v) is 7.33. The molecule has 170 valence electrons. The summed E-state index contributed by atoms with van der Waals surface area (Å²) in [6.07, 6.45) is -3.00. The number of alkyl halides is 3. The summed E-state index contributed by atoms with van der Waals surface area (Å²) in [5, 5.41) is 10.7. The number of hydrogen-bond acceptors (Lipinski definition) is 8. The second kappa shape index (κ2) is 8.94. The highest BCUT2D eigenvalue weighted by Crippen LogP contribution is 2.34. The average Bonchev–Trinajstić information content (AvgIpc) is 3.23. The fourth-order valence-corrected chi connectivity index (χ4v) is 3.17. The minimum absolute atomic E-state index is 0.0235. The third kappa shape index (κ3) is 5.14. The number of halogens is 4. The lowest BCUT2D eigenvalue weighted by atomic mass is 10.2. The standard InChI is InChI=1S/C20H15F4N7OS/c1-33-19-27-14(25)9-15(28-19)32-11-7-5-10(6-8-11)17-29-18(31-30-17)26-13-4-2-3-12(16(13)21)20(22,23)24/h2-9H,1H3,(H2,25,27,28)(H2,26,29,30,31). The van der Waals surface area contributed by atoms with Gasteiger partial charge in [0.15, 0.2) is 16.8 Å². The van der Waals surface area contributed by atoms with Gasteiger partial charge in [-0.2, -0.15) is 18.2 Å². The van der Waals surface area contributed by atoms with Crippen LogP contribution < -0.4 is 15.8 Å². The van der Waals surface area contributed by atoms with E-state index >= 15 is 0 Å². The third-order valence-corrected chi connectivity index (χ3v) is 4.83. The average molecular weight is 477 g/mol. The molecule has 0 radical (unpaired) electrons. The Morgan fingerprint density at radius 1 is 1.06 bits per heavy atom. The van der Waals surface area contributed by atoms with E-state index in [1.807, 2.05) is 6.26 Å². The number of aromatic amines is 1. The largest absolute Gasteiger partial charge is 0.439 e. The summed E-state index contributed by atoms with van der Waals surface area (Å²) in [6, 6.07) is 11.1. The summed E-state index contributed by atoms with van der Waals surface area (Å²) >= 11 is 1.33. The second-order valence-electron chi connectivity index (χ2n) is 6.56. The first-order chi connectivity index (χ1) is 15.7. The van der Waals surface area contributed by atoms with E-state index in [1.165, 1.54) is 23.9 Å². The number of H-pyrrole nitrogens is 1. The van der Waals surface area contributed by atoms with E-state index in [2.05, 4.69) is 30.5 Å². The molecule has 0 amide bonds. The van der Waals surface area contributed by atoms with Crippen LogP contribution in [-0.4, -0.2) is 31.4 Å². The highest BCUT2D eigenvalue weighted by molar-refractivity contribution is 7.98. The predicted octanol–water partition coefficient (Wildman–Crippen LogP) is 5.26. The normalized spacial score (nSPS) is 11.4. The van der Waals surface area contributed by atoms with E-state index in [9.17, 15) is 17.6 Å². The minimum Gasteiger partial charge on any atom is -0.439 e. The lowest BCUT2D eigenvalue weighted by Crippen LogP contribution is -2.09. The number of rotatable bonds is 6. The SMILES string of the molecule is CSc1nc(N)cc(Oc2ccc(-c3nnc(Nc4cccc(C(F)(F)F)c4F)[nH]3)cc2)n1. The van der Waals surface area contributed by atoms with Crippen molar-refractivity contribution < 1.29 is 22.3 Å². The van der Waals surface area contributed by atoms with Crippen molar-refractivity contribution in [3.63, 3.8) is 0 Å². The Morgan fingerprint density at radius 2 is 1.82 bits per heavy atom. The number of hydrogen-bond donors (Lipinski definition) is 3. The molecule has 0 bridgehead atoms. The number of benzene rings is 2. The number of nitrogen functional groups attached to an aromatic ring is 1. The van der Waals surface area contributed by atoms with Crippen molar-refractivity contribution in [2.75, 3.05) is 17.3 Å². The monoisotopic (exact) mass is 477 g/mol. The van der Waals surface area contributed by atoms with Crippen LogP contribution in [0.5, 0.6) is 11.6 Å². The van der Waals surface area contributed by atoms with Gasteiger partial charge in [-0.3, -0.25) is 0 Å². The molecule has 0 spiro atoms. The van der Waals surface area contributed by atoms with Crippen LogP contribution in [0.1, 0.15) is 5.56 Å². The van der Waals surface area contributed by atoms with Crippen LogP contribution in [0.3, 0.4) is 0 Å². The maximum atomic E-state index is 14.2. The number of anilines is 3. The van der Waals surface area contributed by atoms with Crippen LogP contribution in [0.2, 0.25) is 0 Å². The Balaban J connectivity index is 1.49. The third-order valence-electron chi connectivity index (χ3n) is 4.28. The molecular weight excluding hydrogens is 462 g/mol. The Labute approximate surface area is 188 Å². The molecule has 0 saturated heterocycles. The van der Waals surface area contributed by atoms with Crippen molar-refractivity contribution in [1.29, 1.82) is 0 Å². The zero-order valence-electron chi connectivity index (χ0n) is 16.8. The molecule has 2 aromatic heterocycles. The van der Waals surface area contributed by atoms with Crippen LogP contribution in [0.25, 0.3) is 11.4 Å². The van der Waals surface area contributed by atoms with Gasteiger partial charge in [-0.15, -0.1) is 10.2 Å². The van der Waals surface area contributed by atoms with Gasteiger partial charge in [-0.05, 0) is 42.7 Å². The summed E-state index contributed by atoms with van der Waals surface area (Å²) in [7, 11) is 0. The summed E-state index contributed by atoms with van der Waals surface area (Å²) in [5.74, 6) is -0.0991. The number of nitrogens with zero attached hydrogens (tertiary/aromatic N) is 4. The summed E-state index contributed by atoms with van der Waals surface area (Å²) in [6.45, 7) is 0. The molecule has 0 unspecified atom stereocenters. The van der Waals surface area contributed by atoms with Crippen molar-refractivity contribution in [1.82, 2.24) is 25.1 Å². The summed E-state index contributed by atoms with van der Waals surface area (Å²) in [5.41, 5.74) is 4.59. The van der Waals surface area contributed by atoms with Gasteiger partial charge in [-0.1, -0.05) is 17.8 Å². The molecule has 0 aliphatic heterocycles. The lowest BCUT2D eigenvalue weighted by molar-refractivity contribution is -0.139. The van der Waals surface area contributed by atoms with Gasteiger partial charge in [-0.25, -0.2) is 9.37 Å². The topological polar surface area (TPSA) is 115 Å². The highest BCUT2D eigenvalue weighted by Gasteiger charge is 2.35.